The molecule has 1 aliphatic rings. The first-order valence-electron chi connectivity index (χ1n) is 6.26. The second-order valence-corrected chi connectivity index (χ2v) is 6.10. The molecule has 1 aromatic heterocycles. The third-order valence-electron chi connectivity index (χ3n) is 3.76. The lowest BCUT2D eigenvalue weighted by molar-refractivity contribution is 0.00578. The van der Waals surface area contributed by atoms with Gasteiger partial charge in [0.25, 0.3) is 0 Å². The van der Waals surface area contributed by atoms with Gasteiger partial charge in [-0.15, -0.1) is 0 Å². The summed E-state index contributed by atoms with van der Waals surface area (Å²) in [6, 6.07) is 1.92. The number of methoxy groups -OCH3 is 1. The minimum absolute atomic E-state index is 0.362. The lowest BCUT2D eigenvalue weighted by Gasteiger charge is -2.32. The van der Waals surface area contributed by atoms with Gasteiger partial charge < -0.3 is 14.0 Å². The SMILES string of the molecule is COCc1cc(B2OC(C)(C)C(C)(C)O2)cnc1Cl. The van der Waals surface area contributed by atoms with E-state index in [0.717, 1.165) is 11.0 Å². The molecule has 0 atom stereocenters. The molecule has 0 amide bonds. The number of rotatable bonds is 3. The maximum Gasteiger partial charge on any atom is 0.496 e. The highest BCUT2D eigenvalue weighted by Crippen LogP contribution is 2.36. The summed E-state index contributed by atoms with van der Waals surface area (Å²) in [7, 11) is 1.20. The fourth-order valence-corrected chi connectivity index (χ4v) is 2.03. The van der Waals surface area contributed by atoms with E-state index in [1.165, 1.54) is 0 Å². The Morgan fingerprint density at radius 1 is 1.26 bits per heavy atom. The molecule has 0 aromatic carbocycles. The quantitative estimate of drug-likeness (QED) is 0.630. The van der Waals surface area contributed by atoms with Gasteiger partial charge >= 0.3 is 7.12 Å². The lowest BCUT2D eigenvalue weighted by atomic mass is 9.80. The normalized spacial score (nSPS) is 20.8. The van der Waals surface area contributed by atoms with Crippen molar-refractivity contribution in [3.8, 4) is 0 Å². The van der Waals surface area contributed by atoms with Gasteiger partial charge in [0, 0.05) is 24.3 Å². The van der Waals surface area contributed by atoms with Crippen LogP contribution >= 0.6 is 11.6 Å². The Kier molecular flexibility index (Phi) is 3.93. The summed E-state index contributed by atoms with van der Waals surface area (Å²) in [5.41, 5.74) is 0.962. The van der Waals surface area contributed by atoms with Crippen LogP contribution in [0.3, 0.4) is 0 Å². The summed E-state index contributed by atoms with van der Waals surface area (Å²) in [5, 5.41) is 0.446. The molecule has 2 rings (SSSR count). The van der Waals surface area contributed by atoms with Crippen LogP contribution in [0.5, 0.6) is 0 Å². The van der Waals surface area contributed by atoms with Gasteiger partial charge in [-0.05, 0) is 27.7 Å². The van der Waals surface area contributed by atoms with Gasteiger partial charge in [0.05, 0.1) is 17.8 Å². The first-order chi connectivity index (χ1) is 8.77. The number of aromatic nitrogens is 1. The van der Waals surface area contributed by atoms with E-state index in [4.69, 9.17) is 25.6 Å². The largest absolute Gasteiger partial charge is 0.496 e. The number of hydrogen-bond donors (Lipinski definition) is 0. The Hall–Kier alpha value is -0.615. The predicted octanol–water partition coefficient (Wildman–Crippen LogP) is 2.18. The summed E-state index contributed by atoms with van der Waals surface area (Å²) in [6.07, 6.45) is 1.68. The molecule has 0 radical (unpaired) electrons. The number of hydrogen-bond acceptors (Lipinski definition) is 4. The number of ether oxygens (including phenoxy) is 1. The molecule has 0 aliphatic carbocycles. The van der Waals surface area contributed by atoms with E-state index in [0.29, 0.717) is 11.8 Å². The molecular weight excluding hydrogens is 264 g/mol. The van der Waals surface area contributed by atoms with Gasteiger partial charge in [-0.1, -0.05) is 17.7 Å². The lowest BCUT2D eigenvalue weighted by Crippen LogP contribution is -2.41. The van der Waals surface area contributed by atoms with E-state index in [9.17, 15) is 0 Å². The van der Waals surface area contributed by atoms with Crippen LogP contribution in [0, 0.1) is 0 Å². The van der Waals surface area contributed by atoms with Gasteiger partial charge in [-0.25, -0.2) is 4.98 Å². The van der Waals surface area contributed by atoms with Crippen molar-refractivity contribution in [1.29, 1.82) is 0 Å². The molecule has 4 nitrogen and oxygen atoms in total. The summed E-state index contributed by atoms with van der Waals surface area (Å²) in [5.74, 6) is 0. The van der Waals surface area contributed by atoms with Crippen LogP contribution in [-0.4, -0.2) is 30.4 Å². The van der Waals surface area contributed by atoms with E-state index in [1.54, 1.807) is 13.3 Å². The minimum Gasteiger partial charge on any atom is -0.399 e. The number of nitrogens with zero attached hydrogens (tertiary/aromatic N) is 1. The Morgan fingerprint density at radius 2 is 1.84 bits per heavy atom. The maximum atomic E-state index is 6.02. The molecule has 0 unspecified atom stereocenters. The van der Waals surface area contributed by atoms with Crippen molar-refractivity contribution < 1.29 is 14.0 Å². The average Bonchev–Trinajstić information content (AvgIpc) is 2.51. The number of pyridine rings is 1. The number of halogens is 1. The topological polar surface area (TPSA) is 40.6 Å². The van der Waals surface area contributed by atoms with Crippen LogP contribution < -0.4 is 5.46 Å². The molecule has 0 N–H and O–H groups in total. The van der Waals surface area contributed by atoms with Crippen molar-refractivity contribution in [3.05, 3.63) is 23.0 Å². The highest BCUT2D eigenvalue weighted by atomic mass is 35.5. The molecule has 6 heteroatoms. The summed E-state index contributed by atoms with van der Waals surface area (Å²) in [4.78, 5) is 4.16. The molecule has 2 heterocycles. The van der Waals surface area contributed by atoms with Crippen LogP contribution in [0.4, 0.5) is 0 Å². The smallest absolute Gasteiger partial charge is 0.399 e. The van der Waals surface area contributed by atoms with Gasteiger partial charge in [0.2, 0.25) is 0 Å². The summed E-state index contributed by atoms with van der Waals surface area (Å²) < 4.78 is 17.1. The second kappa shape index (κ2) is 5.06. The van der Waals surface area contributed by atoms with E-state index in [1.807, 2.05) is 33.8 Å². The Bertz CT molecular complexity index is 463. The molecule has 1 aromatic rings. The Morgan fingerprint density at radius 3 is 2.37 bits per heavy atom. The molecule has 0 spiro atoms. The fourth-order valence-electron chi connectivity index (χ4n) is 1.88. The van der Waals surface area contributed by atoms with Crippen molar-refractivity contribution >= 4 is 24.2 Å². The standard InChI is InChI=1S/C13H19BClNO3/c1-12(2)13(3,4)19-14(18-12)10-6-9(8-17-5)11(15)16-7-10/h6-7H,8H2,1-5H3. The zero-order valence-corrected chi connectivity index (χ0v) is 12.7. The second-order valence-electron chi connectivity index (χ2n) is 5.74. The monoisotopic (exact) mass is 283 g/mol. The molecule has 19 heavy (non-hydrogen) atoms. The molecular formula is C13H19BClNO3. The first-order valence-corrected chi connectivity index (χ1v) is 6.63. The molecule has 104 valence electrons. The maximum absolute atomic E-state index is 6.02. The van der Waals surface area contributed by atoms with E-state index in [-0.39, 0.29) is 11.2 Å². The zero-order chi connectivity index (χ0) is 14.3. The predicted molar refractivity (Wildman–Crippen MR) is 75.7 cm³/mol. The molecule has 1 aliphatic heterocycles. The Balaban J connectivity index is 2.27. The van der Waals surface area contributed by atoms with E-state index in [2.05, 4.69) is 4.98 Å². The van der Waals surface area contributed by atoms with Gasteiger partial charge in [0.15, 0.2) is 0 Å². The first kappa shape index (κ1) is 14.8. The van der Waals surface area contributed by atoms with Crippen molar-refractivity contribution in [2.45, 2.75) is 45.5 Å². The van der Waals surface area contributed by atoms with Crippen LogP contribution in [0.2, 0.25) is 5.15 Å². The van der Waals surface area contributed by atoms with Gasteiger partial charge in [-0.3, -0.25) is 0 Å². The van der Waals surface area contributed by atoms with Crippen LogP contribution in [0.15, 0.2) is 12.3 Å². The summed E-state index contributed by atoms with van der Waals surface area (Å²) in [6.45, 7) is 8.50. The van der Waals surface area contributed by atoms with Crippen LogP contribution in [0.1, 0.15) is 33.3 Å². The van der Waals surface area contributed by atoms with Crippen molar-refractivity contribution in [3.63, 3.8) is 0 Å². The van der Waals surface area contributed by atoms with Gasteiger partial charge in [0.1, 0.15) is 5.15 Å². The Labute approximate surface area is 119 Å². The molecule has 1 saturated heterocycles. The van der Waals surface area contributed by atoms with Crippen molar-refractivity contribution in [2.24, 2.45) is 0 Å². The van der Waals surface area contributed by atoms with Crippen molar-refractivity contribution in [2.75, 3.05) is 7.11 Å². The van der Waals surface area contributed by atoms with Crippen LogP contribution in [-0.2, 0) is 20.7 Å². The summed E-state index contributed by atoms with van der Waals surface area (Å²) >= 11 is 6.02. The highest BCUT2D eigenvalue weighted by Gasteiger charge is 2.51. The van der Waals surface area contributed by atoms with Gasteiger partial charge in [-0.2, -0.15) is 0 Å². The minimum atomic E-state index is -0.426. The third-order valence-corrected chi connectivity index (χ3v) is 4.10. The van der Waals surface area contributed by atoms with Crippen LogP contribution in [0.25, 0.3) is 0 Å². The molecule has 0 bridgehead atoms. The fraction of sp³-hybridized carbons (Fsp3) is 0.615. The average molecular weight is 284 g/mol. The van der Waals surface area contributed by atoms with E-state index >= 15 is 0 Å². The zero-order valence-electron chi connectivity index (χ0n) is 12.0. The van der Waals surface area contributed by atoms with E-state index < -0.39 is 7.12 Å². The molecule has 1 fully saturated rings. The third kappa shape index (κ3) is 2.79. The highest BCUT2D eigenvalue weighted by molar-refractivity contribution is 6.62. The molecule has 0 saturated carbocycles. The van der Waals surface area contributed by atoms with Crippen molar-refractivity contribution in [1.82, 2.24) is 4.98 Å².